The number of benzene rings is 1. The van der Waals surface area contributed by atoms with Crippen molar-refractivity contribution in [3.05, 3.63) is 30.1 Å². The van der Waals surface area contributed by atoms with Gasteiger partial charge in [0.25, 0.3) is 0 Å². The molecule has 0 saturated carbocycles. The number of nitrogens with zero attached hydrogens (tertiary/aromatic N) is 4. The summed E-state index contributed by atoms with van der Waals surface area (Å²) in [7, 11) is 0. The quantitative estimate of drug-likeness (QED) is 0.847. The first-order valence-electron chi connectivity index (χ1n) is 7.37. The van der Waals surface area contributed by atoms with Crippen LogP contribution in [0, 0.1) is 5.92 Å². The largest absolute Gasteiger partial charge is 0.492 e. The molecule has 1 unspecified atom stereocenters. The maximum absolute atomic E-state index is 5.66. The third kappa shape index (κ3) is 3.78. The molecule has 1 atom stereocenters. The Morgan fingerprint density at radius 1 is 1.24 bits per heavy atom. The monoisotopic (exact) mass is 289 g/mol. The zero-order valence-electron chi connectivity index (χ0n) is 13.1. The van der Waals surface area contributed by atoms with E-state index in [1.807, 2.05) is 31.2 Å². The minimum absolute atomic E-state index is 0.0667. The molecule has 1 aromatic carbocycles. The molecule has 0 spiro atoms. The predicted molar refractivity (Wildman–Crippen MR) is 81.6 cm³/mol. The summed E-state index contributed by atoms with van der Waals surface area (Å²) in [5.41, 5.74) is 0.859. The van der Waals surface area contributed by atoms with E-state index in [2.05, 4.69) is 41.6 Å². The average Bonchev–Trinajstić information content (AvgIpc) is 2.95. The topological polar surface area (TPSA) is 64.9 Å². The highest BCUT2D eigenvalue weighted by Crippen LogP contribution is 2.24. The van der Waals surface area contributed by atoms with E-state index in [4.69, 9.17) is 4.74 Å². The lowest BCUT2D eigenvalue weighted by Gasteiger charge is -2.16. The summed E-state index contributed by atoms with van der Waals surface area (Å²) in [5.74, 6) is 2.14. The van der Waals surface area contributed by atoms with E-state index in [1.54, 1.807) is 4.68 Å². The number of hydrogen-bond donors (Lipinski definition) is 1. The van der Waals surface area contributed by atoms with Crippen LogP contribution in [0.15, 0.2) is 24.3 Å². The Morgan fingerprint density at radius 2 is 2.00 bits per heavy atom. The summed E-state index contributed by atoms with van der Waals surface area (Å²) in [5, 5.41) is 15.5. The van der Waals surface area contributed by atoms with E-state index < -0.39 is 0 Å². The lowest BCUT2D eigenvalue weighted by Crippen LogP contribution is -2.25. The second kappa shape index (κ2) is 7.17. The van der Waals surface area contributed by atoms with Gasteiger partial charge in [-0.3, -0.25) is 0 Å². The predicted octanol–water partition coefficient (Wildman–Crippen LogP) is 2.37. The maximum Gasteiger partial charge on any atom is 0.173 e. The summed E-state index contributed by atoms with van der Waals surface area (Å²) in [6.07, 6.45) is 0. The second-order valence-corrected chi connectivity index (χ2v) is 5.37. The van der Waals surface area contributed by atoms with Gasteiger partial charge in [-0.25, -0.2) is 0 Å². The normalized spacial score (nSPS) is 12.6. The Morgan fingerprint density at radius 3 is 2.71 bits per heavy atom. The number of para-hydroxylation sites is 2. The molecule has 1 heterocycles. The molecule has 21 heavy (non-hydrogen) atoms. The van der Waals surface area contributed by atoms with Gasteiger partial charge < -0.3 is 10.1 Å². The van der Waals surface area contributed by atoms with E-state index >= 15 is 0 Å². The van der Waals surface area contributed by atoms with Gasteiger partial charge in [-0.2, -0.15) is 4.68 Å². The van der Waals surface area contributed by atoms with Gasteiger partial charge in [-0.15, -0.1) is 5.10 Å². The van der Waals surface area contributed by atoms with Gasteiger partial charge in [0.05, 0.1) is 12.6 Å². The van der Waals surface area contributed by atoms with Crippen LogP contribution in [0.2, 0.25) is 0 Å². The lowest BCUT2D eigenvalue weighted by molar-refractivity contribution is 0.337. The fourth-order valence-electron chi connectivity index (χ4n) is 2.05. The first-order valence-corrected chi connectivity index (χ1v) is 7.37. The third-order valence-corrected chi connectivity index (χ3v) is 3.11. The smallest absolute Gasteiger partial charge is 0.173 e. The van der Waals surface area contributed by atoms with Crippen LogP contribution < -0.4 is 10.1 Å². The highest BCUT2D eigenvalue weighted by molar-refractivity contribution is 5.46. The van der Waals surface area contributed by atoms with Crippen molar-refractivity contribution in [3.63, 3.8) is 0 Å². The fraction of sp³-hybridized carbons (Fsp3) is 0.533. The SMILES string of the molecule is CCOc1ccccc1-n1nnnc1C(C)NCC(C)C. The molecule has 114 valence electrons. The molecule has 2 rings (SSSR count). The summed E-state index contributed by atoms with van der Waals surface area (Å²) in [4.78, 5) is 0. The van der Waals surface area contributed by atoms with E-state index in [0.29, 0.717) is 12.5 Å². The highest BCUT2D eigenvalue weighted by Gasteiger charge is 2.17. The van der Waals surface area contributed by atoms with Crippen molar-refractivity contribution in [2.45, 2.75) is 33.7 Å². The van der Waals surface area contributed by atoms with Gasteiger partial charge in [0.15, 0.2) is 5.82 Å². The number of nitrogens with one attached hydrogen (secondary N) is 1. The zero-order valence-corrected chi connectivity index (χ0v) is 13.1. The van der Waals surface area contributed by atoms with Crippen molar-refractivity contribution in [1.29, 1.82) is 0 Å². The van der Waals surface area contributed by atoms with Crippen molar-refractivity contribution < 1.29 is 4.74 Å². The Balaban J connectivity index is 2.28. The van der Waals surface area contributed by atoms with Crippen molar-refractivity contribution >= 4 is 0 Å². The minimum atomic E-state index is 0.0667. The number of rotatable bonds is 7. The van der Waals surface area contributed by atoms with Crippen molar-refractivity contribution in [3.8, 4) is 11.4 Å². The molecule has 0 saturated heterocycles. The Hall–Kier alpha value is -1.95. The summed E-state index contributed by atoms with van der Waals surface area (Å²) < 4.78 is 7.40. The first-order chi connectivity index (χ1) is 10.1. The van der Waals surface area contributed by atoms with Gasteiger partial charge >= 0.3 is 0 Å². The molecular weight excluding hydrogens is 266 g/mol. The van der Waals surface area contributed by atoms with Crippen LogP contribution in [0.5, 0.6) is 5.75 Å². The van der Waals surface area contributed by atoms with Gasteiger partial charge in [0, 0.05) is 0 Å². The molecule has 1 N–H and O–H groups in total. The molecule has 6 heteroatoms. The van der Waals surface area contributed by atoms with Gasteiger partial charge in [-0.1, -0.05) is 26.0 Å². The molecular formula is C15H23N5O. The molecule has 0 radical (unpaired) electrons. The van der Waals surface area contributed by atoms with E-state index in [9.17, 15) is 0 Å². The Labute approximate surface area is 125 Å². The molecule has 0 fully saturated rings. The average molecular weight is 289 g/mol. The van der Waals surface area contributed by atoms with Crippen LogP contribution in [-0.4, -0.2) is 33.4 Å². The Bertz CT molecular complexity index is 567. The maximum atomic E-state index is 5.66. The van der Waals surface area contributed by atoms with Crippen LogP contribution in [-0.2, 0) is 0 Å². The first kappa shape index (κ1) is 15.4. The molecule has 1 aromatic heterocycles. The fourth-order valence-corrected chi connectivity index (χ4v) is 2.05. The van der Waals surface area contributed by atoms with Crippen LogP contribution in [0.4, 0.5) is 0 Å². The van der Waals surface area contributed by atoms with Crippen molar-refractivity contribution in [2.24, 2.45) is 5.92 Å². The summed E-state index contributed by atoms with van der Waals surface area (Å²) >= 11 is 0. The molecule has 0 aliphatic heterocycles. The van der Waals surface area contributed by atoms with Crippen LogP contribution in [0.25, 0.3) is 5.69 Å². The highest BCUT2D eigenvalue weighted by atomic mass is 16.5. The molecule has 2 aromatic rings. The van der Waals surface area contributed by atoms with E-state index in [-0.39, 0.29) is 6.04 Å². The number of ether oxygens (including phenoxy) is 1. The molecule has 0 aliphatic rings. The minimum Gasteiger partial charge on any atom is -0.492 e. The lowest BCUT2D eigenvalue weighted by atomic mass is 10.2. The van der Waals surface area contributed by atoms with Gasteiger partial charge in [0.1, 0.15) is 11.4 Å². The van der Waals surface area contributed by atoms with Crippen LogP contribution in [0.3, 0.4) is 0 Å². The second-order valence-electron chi connectivity index (χ2n) is 5.37. The standard InChI is InChI=1S/C15H23N5O/c1-5-21-14-9-7-6-8-13(14)20-15(17-18-19-20)12(4)16-10-11(2)3/h6-9,11-12,16H,5,10H2,1-4H3. The number of hydrogen-bond acceptors (Lipinski definition) is 5. The Kier molecular flexibility index (Phi) is 5.27. The van der Waals surface area contributed by atoms with Gasteiger partial charge in [0.2, 0.25) is 0 Å². The van der Waals surface area contributed by atoms with Crippen LogP contribution in [0.1, 0.15) is 39.6 Å². The van der Waals surface area contributed by atoms with Crippen molar-refractivity contribution in [1.82, 2.24) is 25.5 Å². The summed E-state index contributed by atoms with van der Waals surface area (Å²) in [6, 6.07) is 7.85. The summed E-state index contributed by atoms with van der Waals surface area (Å²) in [6.45, 7) is 9.90. The molecule has 0 bridgehead atoms. The number of aromatic nitrogens is 4. The van der Waals surface area contributed by atoms with Crippen LogP contribution >= 0.6 is 0 Å². The van der Waals surface area contributed by atoms with E-state index in [0.717, 1.165) is 23.8 Å². The van der Waals surface area contributed by atoms with Gasteiger partial charge in [-0.05, 0) is 48.9 Å². The van der Waals surface area contributed by atoms with E-state index in [1.165, 1.54) is 0 Å². The molecule has 0 aliphatic carbocycles. The van der Waals surface area contributed by atoms with Crippen molar-refractivity contribution in [2.75, 3.05) is 13.2 Å². The zero-order chi connectivity index (χ0) is 15.2. The molecule has 6 nitrogen and oxygen atoms in total. The molecule has 0 amide bonds. The number of tetrazole rings is 1. The third-order valence-electron chi connectivity index (χ3n) is 3.11.